The van der Waals surface area contributed by atoms with E-state index in [9.17, 15) is 9.59 Å². The van der Waals surface area contributed by atoms with Crippen LogP contribution in [0.1, 0.15) is 21.7 Å². The standard InChI is InChI=1S/C21H21N7O2/c1-13-7-14(2)28(24-13)19-5-6-20(29)27(25-19)11-15-9-26(10-15)21(30)16-3-4-17-18(8-16)23-12-22-17/h3-8,12,15H,9-11H2,1-2H3,(H,22,23). The van der Waals surface area contributed by atoms with Gasteiger partial charge in [0.15, 0.2) is 5.82 Å². The van der Waals surface area contributed by atoms with Crippen LogP contribution in [0.2, 0.25) is 0 Å². The van der Waals surface area contributed by atoms with Crippen molar-refractivity contribution in [2.45, 2.75) is 20.4 Å². The molecule has 3 aromatic heterocycles. The average molecular weight is 403 g/mol. The highest BCUT2D eigenvalue weighted by atomic mass is 16.2. The fourth-order valence-electron chi connectivity index (χ4n) is 3.89. The van der Waals surface area contributed by atoms with Crippen molar-refractivity contribution in [2.24, 2.45) is 5.92 Å². The number of carbonyl (C=O) groups excluding carboxylic acids is 1. The maximum absolute atomic E-state index is 12.7. The van der Waals surface area contributed by atoms with E-state index in [1.54, 1.807) is 28.0 Å². The summed E-state index contributed by atoms with van der Waals surface area (Å²) in [5, 5.41) is 8.91. The Bertz CT molecular complexity index is 1310. The number of hydrogen-bond donors (Lipinski definition) is 1. The lowest BCUT2D eigenvalue weighted by atomic mass is 9.98. The Morgan fingerprint density at radius 2 is 1.97 bits per heavy atom. The first-order chi connectivity index (χ1) is 14.5. The molecule has 152 valence electrons. The lowest BCUT2D eigenvalue weighted by molar-refractivity contribution is 0.0458. The minimum absolute atomic E-state index is 0.0144. The summed E-state index contributed by atoms with van der Waals surface area (Å²) in [4.78, 5) is 34.0. The number of aromatic amines is 1. The highest BCUT2D eigenvalue weighted by molar-refractivity contribution is 5.97. The SMILES string of the molecule is Cc1cc(C)n(-c2ccc(=O)n(CC3CN(C(=O)c4ccc5nc[nH]c5c4)C3)n2)n1. The van der Waals surface area contributed by atoms with Gasteiger partial charge in [-0.3, -0.25) is 9.59 Å². The van der Waals surface area contributed by atoms with Crippen molar-refractivity contribution in [1.82, 2.24) is 34.4 Å². The van der Waals surface area contributed by atoms with E-state index in [1.807, 2.05) is 32.0 Å². The summed E-state index contributed by atoms with van der Waals surface area (Å²) in [5.41, 5.74) is 4.01. The lowest BCUT2D eigenvalue weighted by Gasteiger charge is -2.39. The van der Waals surface area contributed by atoms with Gasteiger partial charge in [0.2, 0.25) is 0 Å². The quantitative estimate of drug-likeness (QED) is 0.559. The highest BCUT2D eigenvalue weighted by Crippen LogP contribution is 2.21. The molecule has 1 fully saturated rings. The number of carbonyl (C=O) groups is 1. The summed E-state index contributed by atoms with van der Waals surface area (Å²) >= 11 is 0. The summed E-state index contributed by atoms with van der Waals surface area (Å²) in [5.74, 6) is 0.783. The molecule has 9 heteroatoms. The summed E-state index contributed by atoms with van der Waals surface area (Å²) in [6.07, 6.45) is 1.61. The molecule has 1 aromatic carbocycles. The second-order valence-electron chi connectivity index (χ2n) is 7.76. The summed E-state index contributed by atoms with van der Waals surface area (Å²) < 4.78 is 3.20. The zero-order valence-electron chi connectivity index (χ0n) is 16.7. The van der Waals surface area contributed by atoms with Crippen LogP contribution in [-0.4, -0.2) is 53.4 Å². The Labute approximate surface area is 172 Å². The Hall–Kier alpha value is -3.75. The van der Waals surface area contributed by atoms with Gasteiger partial charge in [0.05, 0.1) is 29.6 Å². The van der Waals surface area contributed by atoms with Crippen LogP contribution in [0.25, 0.3) is 16.9 Å². The molecular weight excluding hydrogens is 382 g/mol. The van der Waals surface area contributed by atoms with E-state index in [-0.39, 0.29) is 17.4 Å². The van der Waals surface area contributed by atoms with Gasteiger partial charge in [-0.25, -0.2) is 14.3 Å². The van der Waals surface area contributed by atoms with E-state index in [0.717, 1.165) is 22.4 Å². The molecular formula is C21H21N7O2. The van der Waals surface area contributed by atoms with E-state index in [2.05, 4.69) is 20.2 Å². The zero-order valence-corrected chi connectivity index (χ0v) is 16.7. The minimum atomic E-state index is -0.158. The van der Waals surface area contributed by atoms with Crippen LogP contribution in [0.15, 0.2) is 47.5 Å². The topological polar surface area (TPSA) is 102 Å². The number of nitrogens with one attached hydrogen (secondary N) is 1. The van der Waals surface area contributed by atoms with Gasteiger partial charge in [0.25, 0.3) is 11.5 Å². The molecule has 0 bridgehead atoms. The fraction of sp³-hybridized carbons (Fsp3) is 0.286. The van der Waals surface area contributed by atoms with Crippen LogP contribution in [-0.2, 0) is 6.54 Å². The first-order valence-electron chi connectivity index (χ1n) is 9.82. The third-order valence-corrected chi connectivity index (χ3v) is 5.42. The van der Waals surface area contributed by atoms with Gasteiger partial charge in [-0.05, 0) is 44.2 Å². The number of amides is 1. The van der Waals surface area contributed by atoms with Crippen LogP contribution in [0, 0.1) is 19.8 Å². The molecule has 4 aromatic rings. The maximum atomic E-state index is 12.7. The van der Waals surface area contributed by atoms with E-state index in [0.29, 0.717) is 31.0 Å². The van der Waals surface area contributed by atoms with Crippen molar-refractivity contribution in [1.29, 1.82) is 0 Å². The van der Waals surface area contributed by atoms with Gasteiger partial charge >= 0.3 is 0 Å². The molecule has 0 radical (unpaired) electrons. The molecule has 4 heterocycles. The number of hydrogen-bond acceptors (Lipinski definition) is 5. The summed E-state index contributed by atoms with van der Waals surface area (Å²) in [7, 11) is 0. The number of benzene rings is 1. The van der Waals surface area contributed by atoms with Gasteiger partial charge in [-0.2, -0.15) is 5.10 Å². The molecule has 0 aliphatic carbocycles. The number of imidazole rings is 1. The smallest absolute Gasteiger partial charge is 0.266 e. The number of rotatable bonds is 4. The lowest BCUT2D eigenvalue weighted by Crippen LogP contribution is -2.52. The summed E-state index contributed by atoms with van der Waals surface area (Å²) in [6, 6.07) is 10.6. The zero-order chi connectivity index (χ0) is 20.8. The summed E-state index contributed by atoms with van der Waals surface area (Å²) in [6.45, 7) is 5.53. The molecule has 0 atom stereocenters. The largest absolute Gasteiger partial charge is 0.345 e. The number of fused-ring (bicyclic) bond motifs is 1. The number of nitrogens with zero attached hydrogens (tertiary/aromatic N) is 6. The Morgan fingerprint density at radius 1 is 1.13 bits per heavy atom. The van der Waals surface area contributed by atoms with Crippen LogP contribution < -0.4 is 5.56 Å². The number of likely N-dealkylation sites (tertiary alicyclic amines) is 1. The molecule has 1 N–H and O–H groups in total. The third kappa shape index (κ3) is 3.18. The van der Waals surface area contributed by atoms with E-state index >= 15 is 0 Å². The second kappa shape index (κ2) is 6.94. The first kappa shape index (κ1) is 18.3. The number of aromatic nitrogens is 6. The van der Waals surface area contributed by atoms with Gasteiger partial charge in [-0.1, -0.05) is 0 Å². The highest BCUT2D eigenvalue weighted by Gasteiger charge is 2.32. The van der Waals surface area contributed by atoms with Gasteiger partial charge in [0, 0.05) is 36.3 Å². The van der Waals surface area contributed by atoms with E-state index < -0.39 is 0 Å². The minimum Gasteiger partial charge on any atom is -0.345 e. The van der Waals surface area contributed by atoms with E-state index in [4.69, 9.17) is 0 Å². The van der Waals surface area contributed by atoms with Gasteiger partial charge in [-0.15, -0.1) is 5.10 Å². The molecule has 30 heavy (non-hydrogen) atoms. The molecule has 1 amide bonds. The monoisotopic (exact) mass is 403 g/mol. The van der Waals surface area contributed by atoms with Crippen LogP contribution in [0.4, 0.5) is 0 Å². The molecule has 1 aliphatic rings. The van der Waals surface area contributed by atoms with Gasteiger partial charge < -0.3 is 9.88 Å². The molecule has 5 rings (SSSR count). The molecule has 1 saturated heterocycles. The van der Waals surface area contributed by atoms with Crippen molar-refractivity contribution in [3.8, 4) is 5.82 Å². The fourth-order valence-corrected chi connectivity index (χ4v) is 3.89. The normalized spacial score (nSPS) is 14.3. The average Bonchev–Trinajstić information content (AvgIpc) is 3.30. The Morgan fingerprint density at radius 3 is 2.73 bits per heavy atom. The van der Waals surface area contributed by atoms with Gasteiger partial charge in [0.1, 0.15) is 0 Å². The van der Waals surface area contributed by atoms with Crippen molar-refractivity contribution >= 4 is 16.9 Å². The molecule has 9 nitrogen and oxygen atoms in total. The molecule has 0 saturated carbocycles. The molecule has 0 unspecified atom stereocenters. The van der Waals surface area contributed by atoms with Crippen molar-refractivity contribution in [3.05, 3.63) is 70.0 Å². The van der Waals surface area contributed by atoms with Crippen LogP contribution in [0.5, 0.6) is 0 Å². The second-order valence-corrected chi connectivity index (χ2v) is 7.76. The first-order valence-corrected chi connectivity index (χ1v) is 9.82. The van der Waals surface area contributed by atoms with Crippen molar-refractivity contribution in [2.75, 3.05) is 13.1 Å². The number of aryl methyl sites for hydroxylation is 2. The predicted octanol–water partition coefficient (Wildman–Crippen LogP) is 1.69. The third-order valence-electron chi connectivity index (χ3n) is 5.42. The van der Waals surface area contributed by atoms with Crippen molar-refractivity contribution in [3.63, 3.8) is 0 Å². The Kier molecular flexibility index (Phi) is 4.23. The Balaban J connectivity index is 1.28. The number of H-pyrrole nitrogens is 1. The molecule has 1 aliphatic heterocycles. The van der Waals surface area contributed by atoms with Crippen LogP contribution in [0.3, 0.4) is 0 Å². The maximum Gasteiger partial charge on any atom is 0.266 e. The van der Waals surface area contributed by atoms with E-state index in [1.165, 1.54) is 10.7 Å². The van der Waals surface area contributed by atoms with Crippen molar-refractivity contribution < 1.29 is 4.79 Å². The molecule has 0 spiro atoms. The predicted molar refractivity (Wildman–Crippen MR) is 111 cm³/mol. The van der Waals surface area contributed by atoms with Crippen LogP contribution >= 0.6 is 0 Å².